The summed E-state index contributed by atoms with van der Waals surface area (Å²) in [6.07, 6.45) is -0.765. The zero-order valence-corrected chi connectivity index (χ0v) is 10.4. The van der Waals surface area contributed by atoms with Crippen LogP contribution in [0.5, 0.6) is 0 Å². The van der Waals surface area contributed by atoms with Gasteiger partial charge in [-0.2, -0.15) is 18.3 Å². The largest absolute Gasteiger partial charge is 0.401 e. The molecule has 0 aliphatic heterocycles. The molecule has 2 aromatic rings. The molecule has 0 unspecified atom stereocenters. The van der Waals surface area contributed by atoms with E-state index in [4.69, 9.17) is 0 Å². The lowest BCUT2D eigenvalue weighted by Crippen LogP contribution is -2.30. The lowest BCUT2D eigenvalue weighted by Gasteiger charge is -2.16. The van der Waals surface area contributed by atoms with Gasteiger partial charge in [0.2, 0.25) is 0 Å². The molecule has 1 N–H and O–H groups in total. The highest BCUT2D eigenvalue weighted by Gasteiger charge is 2.27. The maximum Gasteiger partial charge on any atom is 0.401 e. The van der Waals surface area contributed by atoms with Gasteiger partial charge in [0.25, 0.3) is 0 Å². The average Bonchev–Trinajstić information content (AvgIpc) is 2.89. The molecule has 0 saturated carbocycles. The van der Waals surface area contributed by atoms with Crippen LogP contribution >= 0.6 is 0 Å². The summed E-state index contributed by atoms with van der Waals surface area (Å²) in [5, 5.41) is 6.55. The van der Waals surface area contributed by atoms with Crippen molar-refractivity contribution in [2.24, 2.45) is 0 Å². The van der Waals surface area contributed by atoms with E-state index in [-0.39, 0.29) is 6.04 Å². The summed E-state index contributed by atoms with van der Waals surface area (Å²) in [7, 11) is 0. The molecule has 1 aromatic carbocycles. The number of halogens is 3. The highest BCUT2D eigenvalue weighted by molar-refractivity contribution is 5.36. The number of aromatic nitrogens is 2. The fourth-order valence-corrected chi connectivity index (χ4v) is 1.74. The van der Waals surface area contributed by atoms with E-state index in [9.17, 15) is 13.2 Å². The summed E-state index contributed by atoms with van der Waals surface area (Å²) in [6.45, 7) is 0.702. The first kappa shape index (κ1) is 13.6. The molecule has 0 spiro atoms. The van der Waals surface area contributed by atoms with Crippen LogP contribution in [0.15, 0.2) is 42.7 Å². The van der Waals surface area contributed by atoms with Crippen molar-refractivity contribution in [2.45, 2.75) is 19.1 Å². The second kappa shape index (κ2) is 5.44. The SMILES string of the molecule is C[C@@H](NCC(F)(F)F)c1cccc(-n2cccn2)c1. The molecule has 0 aliphatic rings. The summed E-state index contributed by atoms with van der Waals surface area (Å²) >= 11 is 0. The predicted octanol–water partition coefficient (Wildman–Crippen LogP) is 3.09. The van der Waals surface area contributed by atoms with Crippen molar-refractivity contribution in [2.75, 3.05) is 6.54 Å². The van der Waals surface area contributed by atoms with Crippen molar-refractivity contribution in [3.63, 3.8) is 0 Å². The van der Waals surface area contributed by atoms with Gasteiger partial charge in [0.1, 0.15) is 0 Å². The van der Waals surface area contributed by atoms with E-state index in [1.54, 1.807) is 42.2 Å². The molecule has 0 aliphatic carbocycles. The lowest BCUT2D eigenvalue weighted by molar-refractivity contribution is -0.126. The van der Waals surface area contributed by atoms with E-state index in [0.29, 0.717) is 0 Å². The first-order chi connectivity index (χ1) is 8.96. The van der Waals surface area contributed by atoms with E-state index >= 15 is 0 Å². The smallest absolute Gasteiger partial charge is 0.302 e. The Morgan fingerprint density at radius 3 is 2.74 bits per heavy atom. The third-order valence-electron chi connectivity index (χ3n) is 2.75. The topological polar surface area (TPSA) is 29.9 Å². The Morgan fingerprint density at radius 2 is 2.11 bits per heavy atom. The molecule has 1 aromatic heterocycles. The zero-order valence-electron chi connectivity index (χ0n) is 10.4. The molecule has 0 amide bonds. The van der Waals surface area contributed by atoms with Gasteiger partial charge in [0.05, 0.1) is 12.2 Å². The minimum absolute atomic E-state index is 0.378. The van der Waals surface area contributed by atoms with Crippen LogP contribution in [0.25, 0.3) is 5.69 Å². The van der Waals surface area contributed by atoms with Crippen molar-refractivity contribution in [1.82, 2.24) is 15.1 Å². The molecule has 0 bridgehead atoms. The Morgan fingerprint density at radius 1 is 1.32 bits per heavy atom. The minimum atomic E-state index is -4.20. The Kier molecular flexibility index (Phi) is 3.90. The summed E-state index contributed by atoms with van der Waals surface area (Å²) in [5.74, 6) is 0. The van der Waals surface area contributed by atoms with E-state index in [2.05, 4.69) is 10.4 Å². The highest BCUT2D eigenvalue weighted by atomic mass is 19.4. The summed E-state index contributed by atoms with van der Waals surface area (Å²) < 4.78 is 38.1. The van der Waals surface area contributed by atoms with Crippen LogP contribution in [-0.2, 0) is 0 Å². The number of hydrogen-bond donors (Lipinski definition) is 1. The number of alkyl halides is 3. The molecule has 1 atom stereocenters. The van der Waals surface area contributed by atoms with E-state index in [0.717, 1.165) is 11.3 Å². The molecule has 0 radical (unpaired) electrons. The van der Waals surface area contributed by atoms with E-state index in [1.165, 1.54) is 0 Å². The van der Waals surface area contributed by atoms with E-state index in [1.807, 2.05) is 12.1 Å². The Labute approximate surface area is 109 Å². The van der Waals surface area contributed by atoms with Crippen LogP contribution in [0.1, 0.15) is 18.5 Å². The van der Waals surface area contributed by atoms with Crippen molar-refractivity contribution in [3.05, 3.63) is 48.3 Å². The molecule has 102 valence electrons. The Hall–Kier alpha value is -1.82. The first-order valence-electron chi connectivity index (χ1n) is 5.86. The van der Waals surface area contributed by atoms with E-state index < -0.39 is 12.7 Å². The molecule has 2 rings (SSSR count). The number of hydrogen-bond acceptors (Lipinski definition) is 2. The number of rotatable bonds is 4. The zero-order chi connectivity index (χ0) is 13.9. The second-order valence-corrected chi connectivity index (χ2v) is 4.26. The number of benzene rings is 1. The van der Waals surface area contributed by atoms with Gasteiger partial charge in [-0.25, -0.2) is 4.68 Å². The van der Waals surface area contributed by atoms with Gasteiger partial charge in [0.15, 0.2) is 0 Å². The quantitative estimate of drug-likeness (QED) is 0.924. The standard InChI is InChI=1S/C13H14F3N3/c1-10(17-9-13(14,15)16)11-4-2-5-12(8-11)19-7-3-6-18-19/h2-8,10,17H,9H2,1H3/t10-/m1/s1. The fraction of sp³-hybridized carbons (Fsp3) is 0.308. The molecule has 1 heterocycles. The van der Waals surface area contributed by atoms with Crippen LogP contribution in [0, 0.1) is 0 Å². The summed E-state index contributed by atoms with van der Waals surface area (Å²) in [6, 6.07) is 8.68. The van der Waals surface area contributed by atoms with Crippen LogP contribution in [0.4, 0.5) is 13.2 Å². The van der Waals surface area contributed by atoms with Crippen LogP contribution in [0.3, 0.4) is 0 Å². The average molecular weight is 269 g/mol. The van der Waals surface area contributed by atoms with Gasteiger partial charge in [-0.15, -0.1) is 0 Å². The monoisotopic (exact) mass is 269 g/mol. The summed E-state index contributed by atoms with van der Waals surface area (Å²) in [4.78, 5) is 0. The van der Waals surface area contributed by atoms with Gasteiger partial charge in [-0.05, 0) is 30.7 Å². The normalized spacial score (nSPS) is 13.5. The molecule has 6 heteroatoms. The number of nitrogens with zero attached hydrogens (tertiary/aromatic N) is 2. The van der Waals surface area contributed by atoms with Crippen molar-refractivity contribution in [3.8, 4) is 5.69 Å². The predicted molar refractivity (Wildman–Crippen MR) is 66.0 cm³/mol. The molecule has 0 saturated heterocycles. The van der Waals surface area contributed by atoms with Crippen molar-refractivity contribution < 1.29 is 13.2 Å². The van der Waals surface area contributed by atoms with Crippen molar-refractivity contribution in [1.29, 1.82) is 0 Å². The minimum Gasteiger partial charge on any atom is -0.302 e. The maximum absolute atomic E-state index is 12.2. The van der Waals surface area contributed by atoms with Gasteiger partial charge in [-0.3, -0.25) is 0 Å². The van der Waals surface area contributed by atoms with Crippen LogP contribution < -0.4 is 5.32 Å². The third kappa shape index (κ3) is 3.82. The van der Waals surface area contributed by atoms with Crippen LogP contribution in [-0.4, -0.2) is 22.5 Å². The third-order valence-corrected chi connectivity index (χ3v) is 2.75. The molecule has 19 heavy (non-hydrogen) atoms. The van der Waals surface area contributed by atoms with Gasteiger partial charge in [0, 0.05) is 18.4 Å². The Balaban J connectivity index is 2.10. The molecular formula is C13H14F3N3. The summed E-state index contributed by atoms with van der Waals surface area (Å²) in [5.41, 5.74) is 1.61. The molecule has 3 nitrogen and oxygen atoms in total. The molecule has 0 fully saturated rings. The highest BCUT2D eigenvalue weighted by Crippen LogP contribution is 2.19. The van der Waals surface area contributed by atoms with Crippen LogP contribution in [0.2, 0.25) is 0 Å². The number of nitrogens with one attached hydrogen (secondary N) is 1. The van der Waals surface area contributed by atoms with Crippen molar-refractivity contribution >= 4 is 0 Å². The second-order valence-electron chi connectivity index (χ2n) is 4.26. The van der Waals surface area contributed by atoms with Gasteiger partial charge >= 0.3 is 6.18 Å². The Bertz CT molecular complexity index is 520. The van der Waals surface area contributed by atoms with Gasteiger partial charge in [-0.1, -0.05) is 12.1 Å². The fourth-order valence-electron chi connectivity index (χ4n) is 1.74. The maximum atomic E-state index is 12.2. The molecular weight excluding hydrogens is 255 g/mol. The lowest BCUT2D eigenvalue weighted by atomic mass is 10.1. The van der Waals surface area contributed by atoms with Gasteiger partial charge < -0.3 is 5.32 Å². The first-order valence-corrected chi connectivity index (χ1v) is 5.86.